The molecule has 0 radical (unpaired) electrons. The molecule has 2 rings (SSSR count). The molecule has 0 aliphatic carbocycles. The average Bonchev–Trinajstić information content (AvgIpc) is 2.67. The lowest BCUT2D eigenvalue weighted by atomic mass is 10.2. The first-order valence-corrected chi connectivity index (χ1v) is 4.92. The van der Waals surface area contributed by atoms with E-state index in [9.17, 15) is 0 Å². The topological polar surface area (TPSA) is 56.7 Å². The molecule has 0 amide bonds. The van der Waals surface area contributed by atoms with E-state index in [1.807, 2.05) is 12.5 Å². The van der Waals surface area contributed by atoms with Crippen LogP contribution in [0.3, 0.4) is 0 Å². The lowest BCUT2D eigenvalue weighted by Crippen LogP contribution is -2.02. The van der Waals surface area contributed by atoms with E-state index in [0.717, 1.165) is 16.9 Å². The van der Waals surface area contributed by atoms with Crippen molar-refractivity contribution in [1.82, 2.24) is 14.5 Å². The van der Waals surface area contributed by atoms with E-state index < -0.39 is 0 Å². The van der Waals surface area contributed by atoms with Crippen molar-refractivity contribution in [2.75, 3.05) is 5.73 Å². The Balaban J connectivity index is 2.55. The standard InChI is InChI=1S/C11H14N4/c1-8(2)15-7-14-6-11(15)9-5-13-4-3-10(9)12/h3-8H,1-2H3,(H2,12,13). The number of nitrogen functional groups attached to an aromatic ring is 1. The van der Waals surface area contributed by atoms with Crippen LogP contribution in [0.2, 0.25) is 0 Å². The highest BCUT2D eigenvalue weighted by molar-refractivity contribution is 5.72. The van der Waals surface area contributed by atoms with E-state index in [-0.39, 0.29) is 0 Å². The number of imidazole rings is 1. The van der Waals surface area contributed by atoms with E-state index in [1.54, 1.807) is 18.5 Å². The smallest absolute Gasteiger partial charge is 0.0953 e. The maximum Gasteiger partial charge on any atom is 0.0953 e. The van der Waals surface area contributed by atoms with Crippen molar-refractivity contribution >= 4 is 5.69 Å². The Labute approximate surface area is 88.8 Å². The summed E-state index contributed by atoms with van der Waals surface area (Å²) >= 11 is 0. The van der Waals surface area contributed by atoms with Crippen LogP contribution in [-0.2, 0) is 0 Å². The highest BCUT2D eigenvalue weighted by Gasteiger charge is 2.09. The van der Waals surface area contributed by atoms with Gasteiger partial charge in [-0.3, -0.25) is 4.98 Å². The van der Waals surface area contributed by atoms with Crippen LogP contribution in [0.25, 0.3) is 11.3 Å². The molecule has 2 heterocycles. The van der Waals surface area contributed by atoms with Crippen LogP contribution in [0.15, 0.2) is 31.0 Å². The summed E-state index contributed by atoms with van der Waals surface area (Å²) in [5, 5.41) is 0. The van der Waals surface area contributed by atoms with Gasteiger partial charge in [0, 0.05) is 29.7 Å². The zero-order valence-electron chi connectivity index (χ0n) is 8.88. The van der Waals surface area contributed by atoms with Gasteiger partial charge in [0.25, 0.3) is 0 Å². The average molecular weight is 202 g/mol. The molecule has 0 bridgehead atoms. The number of aromatic nitrogens is 3. The van der Waals surface area contributed by atoms with Crippen LogP contribution in [0.4, 0.5) is 5.69 Å². The summed E-state index contributed by atoms with van der Waals surface area (Å²) in [4.78, 5) is 8.22. The third kappa shape index (κ3) is 1.70. The fourth-order valence-corrected chi connectivity index (χ4v) is 1.54. The number of nitrogens with two attached hydrogens (primary N) is 1. The second-order valence-corrected chi connectivity index (χ2v) is 3.74. The Hall–Kier alpha value is -1.84. The van der Waals surface area contributed by atoms with Crippen molar-refractivity contribution < 1.29 is 0 Å². The Morgan fingerprint density at radius 2 is 2.07 bits per heavy atom. The van der Waals surface area contributed by atoms with Crippen LogP contribution in [0.5, 0.6) is 0 Å². The van der Waals surface area contributed by atoms with Crippen molar-refractivity contribution in [2.45, 2.75) is 19.9 Å². The zero-order valence-corrected chi connectivity index (χ0v) is 8.88. The Bertz CT molecular complexity index is 459. The number of rotatable bonds is 2. The number of hydrogen-bond donors (Lipinski definition) is 1. The van der Waals surface area contributed by atoms with Gasteiger partial charge in [0.1, 0.15) is 0 Å². The highest BCUT2D eigenvalue weighted by atomic mass is 15.1. The maximum absolute atomic E-state index is 5.90. The summed E-state index contributed by atoms with van der Waals surface area (Å²) in [5.41, 5.74) is 8.57. The van der Waals surface area contributed by atoms with Gasteiger partial charge in [-0.05, 0) is 19.9 Å². The first-order chi connectivity index (χ1) is 7.20. The van der Waals surface area contributed by atoms with Crippen LogP contribution < -0.4 is 5.73 Å². The molecule has 0 saturated heterocycles. The third-order valence-electron chi connectivity index (χ3n) is 2.35. The molecule has 0 unspecified atom stereocenters. The normalized spacial score (nSPS) is 10.9. The molecule has 2 aromatic heterocycles. The minimum Gasteiger partial charge on any atom is -0.398 e. The minimum absolute atomic E-state index is 0.363. The van der Waals surface area contributed by atoms with Gasteiger partial charge in [0.2, 0.25) is 0 Å². The highest BCUT2D eigenvalue weighted by Crippen LogP contribution is 2.26. The first-order valence-electron chi connectivity index (χ1n) is 4.92. The molecule has 0 aliphatic rings. The minimum atomic E-state index is 0.363. The molecule has 0 aromatic carbocycles. The lowest BCUT2D eigenvalue weighted by molar-refractivity contribution is 0.605. The van der Waals surface area contributed by atoms with Gasteiger partial charge in [0.15, 0.2) is 0 Å². The van der Waals surface area contributed by atoms with Crippen molar-refractivity contribution in [2.24, 2.45) is 0 Å². The van der Waals surface area contributed by atoms with Crippen LogP contribution in [0, 0.1) is 0 Å². The van der Waals surface area contributed by atoms with E-state index >= 15 is 0 Å². The van der Waals surface area contributed by atoms with E-state index in [4.69, 9.17) is 5.73 Å². The molecule has 0 aliphatic heterocycles. The van der Waals surface area contributed by atoms with Crippen molar-refractivity contribution in [3.63, 3.8) is 0 Å². The molecule has 78 valence electrons. The largest absolute Gasteiger partial charge is 0.398 e. The lowest BCUT2D eigenvalue weighted by Gasteiger charge is -2.12. The molecule has 4 heteroatoms. The number of nitrogens with zero attached hydrogens (tertiary/aromatic N) is 3. The first kappa shape index (κ1) is 9.71. The fraction of sp³-hybridized carbons (Fsp3) is 0.273. The van der Waals surface area contributed by atoms with E-state index in [2.05, 4.69) is 28.4 Å². The second kappa shape index (κ2) is 3.73. The molecule has 2 aromatic rings. The zero-order chi connectivity index (χ0) is 10.8. The molecule has 0 saturated carbocycles. The maximum atomic E-state index is 5.90. The molecular formula is C11H14N4. The summed E-state index contributed by atoms with van der Waals surface area (Å²) in [5.74, 6) is 0. The quantitative estimate of drug-likeness (QED) is 0.811. The predicted molar refractivity (Wildman–Crippen MR) is 60.3 cm³/mol. The monoisotopic (exact) mass is 202 g/mol. The van der Waals surface area contributed by atoms with Gasteiger partial charge in [-0.2, -0.15) is 0 Å². The molecule has 0 atom stereocenters. The summed E-state index contributed by atoms with van der Waals surface area (Å²) in [6, 6.07) is 2.16. The molecule has 0 fully saturated rings. The van der Waals surface area contributed by atoms with Gasteiger partial charge >= 0.3 is 0 Å². The number of pyridine rings is 1. The molecule has 2 N–H and O–H groups in total. The Morgan fingerprint density at radius 1 is 1.27 bits per heavy atom. The van der Waals surface area contributed by atoms with Crippen LogP contribution in [-0.4, -0.2) is 14.5 Å². The van der Waals surface area contributed by atoms with Gasteiger partial charge < -0.3 is 10.3 Å². The number of anilines is 1. The molecule has 15 heavy (non-hydrogen) atoms. The van der Waals surface area contributed by atoms with Gasteiger partial charge in [-0.25, -0.2) is 4.98 Å². The van der Waals surface area contributed by atoms with Crippen molar-refractivity contribution in [3.05, 3.63) is 31.0 Å². The van der Waals surface area contributed by atoms with Crippen LogP contribution >= 0.6 is 0 Å². The summed E-state index contributed by atoms with van der Waals surface area (Å²) in [7, 11) is 0. The third-order valence-corrected chi connectivity index (χ3v) is 2.35. The van der Waals surface area contributed by atoms with Crippen LogP contribution in [0.1, 0.15) is 19.9 Å². The molecular weight excluding hydrogens is 188 g/mol. The van der Waals surface area contributed by atoms with Crippen molar-refractivity contribution in [3.8, 4) is 11.3 Å². The number of hydrogen-bond acceptors (Lipinski definition) is 3. The summed E-state index contributed by atoms with van der Waals surface area (Å²) in [6.45, 7) is 4.22. The predicted octanol–water partition coefficient (Wildman–Crippen LogP) is 2.11. The molecule has 4 nitrogen and oxygen atoms in total. The van der Waals surface area contributed by atoms with Gasteiger partial charge in [0.05, 0.1) is 18.2 Å². The van der Waals surface area contributed by atoms with E-state index in [1.165, 1.54) is 0 Å². The summed E-state index contributed by atoms with van der Waals surface area (Å²) in [6.07, 6.45) is 7.08. The SMILES string of the molecule is CC(C)n1cncc1-c1cnccc1N. The fourth-order valence-electron chi connectivity index (χ4n) is 1.54. The molecule has 0 spiro atoms. The second-order valence-electron chi connectivity index (χ2n) is 3.74. The van der Waals surface area contributed by atoms with Gasteiger partial charge in [-0.1, -0.05) is 0 Å². The van der Waals surface area contributed by atoms with Gasteiger partial charge in [-0.15, -0.1) is 0 Å². The Morgan fingerprint density at radius 3 is 2.73 bits per heavy atom. The summed E-state index contributed by atoms with van der Waals surface area (Å²) < 4.78 is 2.08. The van der Waals surface area contributed by atoms with Crippen molar-refractivity contribution in [1.29, 1.82) is 0 Å². The Kier molecular flexibility index (Phi) is 2.41. The van der Waals surface area contributed by atoms with E-state index in [0.29, 0.717) is 6.04 Å².